The summed E-state index contributed by atoms with van der Waals surface area (Å²) in [5.74, 6) is -1.14. The maximum atomic E-state index is 12.1. The number of aromatic carboxylic acids is 1. The van der Waals surface area contributed by atoms with Gasteiger partial charge in [-0.05, 0) is 37.1 Å². The van der Waals surface area contributed by atoms with Crippen molar-refractivity contribution in [1.29, 1.82) is 0 Å². The van der Waals surface area contributed by atoms with Crippen molar-refractivity contribution in [3.8, 4) is 0 Å². The van der Waals surface area contributed by atoms with E-state index >= 15 is 0 Å². The first-order chi connectivity index (χ1) is 9.99. The SMILES string of the molecule is O=C(O)c1ccc(S(=O)(=O)CCOC2CCCCC2)cc1. The number of carboxylic acid groups (broad SMARTS) is 1. The van der Waals surface area contributed by atoms with Gasteiger partial charge in [-0.15, -0.1) is 0 Å². The molecular formula is C15H20O5S. The van der Waals surface area contributed by atoms with E-state index in [1.165, 1.54) is 30.7 Å². The average Bonchev–Trinajstić information content (AvgIpc) is 2.48. The second kappa shape index (κ2) is 7.04. The monoisotopic (exact) mass is 312 g/mol. The zero-order valence-electron chi connectivity index (χ0n) is 11.8. The number of ether oxygens (including phenoxy) is 1. The third-order valence-electron chi connectivity index (χ3n) is 3.72. The predicted molar refractivity (Wildman–Crippen MR) is 78.3 cm³/mol. The number of sulfone groups is 1. The van der Waals surface area contributed by atoms with E-state index in [2.05, 4.69) is 0 Å². The molecule has 0 aliphatic heterocycles. The fraction of sp³-hybridized carbons (Fsp3) is 0.533. The maximum Gasteiger partial charge on any atom is 0.335 e. The lowest BCUT2D eigenvalue weighted by molar-refractivity contribution is 0.0379. The molecule has 0 radical (unpaired) electrons. The van der Waals surface area contributed by atoms with Gasteiger partial charge in [-0.2, -0.15) is 0 Å². The molecule has 1 saturated carbocycles. The standard InChI is InChI=1S/C15H20O5S/c16-15(17)12-6-8-14(9-7-12)21(18,19)11-10-20-13-4-2-1-3-5-13/h6-9,13H,1-5,10-11H2,(H,16,17). The molecular weight excluding hydrogens is 292 g/mol. The minimum Gasteiger partial charge on any atom is -0.478 e. The Bertz CT molecular complexity index is 571. The number of hydrogen-bond acceptors (Lipinski definition) is 4. The fourth-order valence-electron chi connectivity index (χ4n) is 2.48. The highest BCUT2D eigenvalue weighted by Crippen LogP contribution is 2.20. The van der Waals surface area contributed by atoms with Crippen molar-refractivity contribution in [2.24, 2.45) is 0 Å². The molecule has 1 aliphatic rings. The summed E-state index contributed by atoms with van der Waals surface area (Å²) < 4.78 is 29.9. The van der Waals surface area contributed by atoms with Gasteiger partial charge in [0.15, 0.2) is 9.84 Å². The van der Waals surface area contributed by atoms with Crippen LogP contribution in [0.1, 0.15) is 42.5 Å². The normalized spacial score (nSPS) is 16.8. The summed E-state index contributed by atoms with van der Waals surface area (Å²) in [4.78, 5) is 10.9. The van der Waals surface area contributed by atoms with Crippen LogP contribution in [0, 0.1) is 0 Å². The molecule has 0 bridgehead atoms. The summed E-state index contributed by atoms with van der Waals surface area (Å²) in [7, 11) is -3.42. The van der Waals surface area contributed by atoms with Crippen LogP contribution < -0.4 is 0 Å². The van der Waals surface area contributed by atoms with Crippen LogP contribution in [0.5, 0.6) is 0 Å². The third kappa shape index (κ3) is 4.54. The zero-order chi connectivity index (χ0) is 15.3. The molecule has 116 valence electrons. The second-order valence-electron chi connectivity index (χ2n) is 5.28. The first kappa shape index (κ1) is 16.0. The van der Waals surface area contributed by atoms with E-state index in [1.54, 1.807) is 0 Å². The van der Waals surface area contributed by atoms with E-state index in [1.807, 2.05) is 0 Å². The van der Waals surface area contributed by atoms with Crippen LogP contribution in [0.2, 0.25) is 0 Å². The van der Waals surface area contributed by atoms with Gasteiger partial charge in [0.05, 0.1) is 28.9 Å². The Morgan fingerprint density at radius 3 is 2.33 bits per heavy atom. The maximum absolute atomic E-state index is 12.1. The van der Waals surface area contributed by atoms with E-state index in [0.29, 0.717) is 0 Å². The van der Waals surface area contributed by atoms with Crippen LogP contribution in [0.25, 0.3) is 0 Å². The highest BCUT2D eigenvalue weighted by Gasteiger charge is 2.18. The summed E-state index contributed by atoms with van der Waals surface area (Å²) in [5.41, 5.74) is 0.0763. The van der Waals surface area contributed by atoms with Gasteiger partial charge in [0.25, 0.3) is 0 Å². The lowest BCUT2D eigenvalue weighted by Crippen LogP contribution is -2.21. The molecule has 0 aromatic heterocycles. The van der Waals surface area contributed by atoms with Gasteiger partial charge in [0.1, 0.15) is 0 Å². The lowest BCUT2D eigenvalue weighted by Gasteiger charge is -2.21. The highest BCUT2D eigenvalue weighted by atomic mass is 32.2. The summed E-state index contributed by atoms with van der Waals surface area (Å²) >= 11 is 0. The molecule has 6 heteroatoms. The molecule has 0 saturated heterocycles. The van der Waals surface area contributed by atoms with Crippen molar-refractivity contribution >= 4 is 15.8 Å². The zero-order valence-corrected chi connectivity index (χ0v) is 12.6. The Morgan fingerprint density at radius 1 is 1.14 bits per heavy atom. The quantitative estimate of drug-likeness (QED) is 0.873. The van der Waals surface area contributed by atoms with Crippen molar-refractivity contribution < 1.29 is 23.1 Å². The van der Waals surface area contributed by atoms with Gasteiger partial charge in [0, 0.05) is 0 Å². The van der Waals surface area contributed by atoms with Crippen LogP contribution >= 0.6 is 0 Å². The van der Waals surface area contributed by atoms with E-state index in [9.17, 15) is 13.2 Å². The molecule has 0 spiro atoms. The largest absolute Gasteiger partial charge is 0.478 e. The summed E-state index contributed by atoms with van der Waals surface area (Å²) in [5, 5.41) is 8.79. The molecule has 1 aromatic carbocycles. The Hall–Kier alpha value is -1.40. The third-order valence-corrected chi connectivity index (χ3v) is 5.41. The lowest BCUT2D eigenvalue weighted by atomic mass is 9.98. The molecule has 1 fully saturated rings. The summed E-state index contributed by atoms with van der Waals surface area (Å²) in [6.07, 6.45) is 5.72. The van der Waals surface area contributed by atoms with E-state index in [-0.39, 0.29) is 28.9 Å². The number of hydrogen-bond donors (Lipinski definition) is 1. The van der Waals surface area contributed by atoms with E-state index in [0.717, 1.165) is 25.7 Å². The number of carbonyl (C=O) groups is 1. The van der Waals surface area contributed by atoms with Crippen LogP contribution in [0.4, 0.5) is 0 Å². The van der Waals surface area contributed by atoms with Gasteiger partial charge in [0.2, 0.25) is 0 Å². The first-order valence-electron chi connectivity index (χ1n) is 7.17. The predicted octanol–water partition coefficient (Wildman–Crippen LogP) is 2.51. The summed E-state index contributed by atoms with van der Waals surface area (Å²) in [6.45, 7) is 0.188. The minimum atomic E-state index is -3.42. The molecule has 1 aliphatic carbocycles. The molecule has 5 nitrogen and oxygen atoms in total. The molecule has 21 heavy (non-hydrogen) atoms. The Balaban J connectivity index is 1.90. The van der Waals surface area contributed by atoms with Crippen molar-refractivity contribution in [3.63, 3.8) is 0 Å². The van der Waals surface area contributed by atoms with Gasteiger partial charge < -0.3 is 9.84 Å². The number of benzene rings is 1. The molecule has 1 aromatic rings. The van der Waals surface area contributed by atoms with Crippen molar-refractivity contribution in [2.75, 3.05) is 12.4 Å². The average molecular weight is 312 g/mol. The van der Waals surface area contributed by atoms with E-state index in [4.69, 9.17) is 9.84 Å². The smallest absolute Gasteiger partial charge is 0.335 e. The van der Waals surface area contributed by atoms with Crippen molar-refractivity contribution in [1.82, 2.24) is 0 Å². The van der Waals surface area contributed by atoms with E-state index < -0.39 is 15.8 Å². The number of rotatable bonds is 6. The molecule has 0 heterocycles. The molecule has 0 unspecified atom stereocenters. The second-order valence-corrected chi connectivity index (χ2v) is 7.39. The topological polar surface area (TPSA) is 80.7 Å². The van der Waals surface area contributed by atoms with Gasteiger partial charge in [-0.25, -0.2) is 13.2 Å². The highest BCUT2D eigenvalue weighted by molar-refractivity contribution is 7.91. The van der Waals surface area contributed by atoms with Crippen LogP contribution in [-0.2, 0) is 14.6 Å². The Kier molecular flexibility index (Phi) is 5.36. The number of carboxylic acids is 1. The fourth-order valence-corrected chi connectivity index (χ4v) is 3.58. The van der Waals surface area contributed by atoms with Crippen LogP contribution in [-0.4, -0.2) is 38.0 Å². The van der Waals surface area contributed by atoms with Gasteiger partial charge >= 0.3 is 5.97 Å². The first-order valence-corrected chi connectivity index (χ1v) is 8.82. The van der Waals surface area contributed by atoms with Crippen LogP contribution in [0.3, 0.4) is 0 Å². The Labute approximate surface area is 124 Å². The molecule has 1 N–H and O–H groups in total. The molecule has 2 rings (SSSR count). The summed E-state index contributed by atoms with van der Waals surface area (Å²) in [6, 6.07) is 5.27. The van der Waals surface area contributed by atoms with Gasteiger partial charge in [-0.1, -0.05) is 19.3 Å². The minimum absolute atomic E-state index is 0.0735. The van der Waals surface area contributed by atoms with Crippen LogP contribution in [0.15, 0.2) is 29.2 Å². The molecule has 0 amide bonds. The van der Waals surface area contributed by atoms with Crippen molar-refractivity contribution in [2.45, 2.75) is 43.1 Å². The Morgan fingerprint density at radius 2 is 1.76 bits per heavy atom. The van der Waals surface area contributed by atoms with Crippen molar-refractivity contribution in [3.05, 3.63) is 29.8 Å². The van der Waals surface area contributed by atoms with Gasteiger partial charge in [-0.3, -0.25) is 0 Å². The molecule has 0 atom stereocenters.